The van der Waals surface area contributed by atoms with Crippen molar-refractivity contribution in [2.24, 2.45) is 0 Å². The highest BCUT2D eigenvalue weighted by molar-refractivity contribution is 5.98. The van der Waals surface area contributed by atoms with Gasteiger partial charge in [0.1, 0.15) is 5.75 Å². The summed E-state index contributed by atoms with van der Waals surface area (Å²) in [5.41, 5.74) is 6.85. The molecule has 3 N–H and O–H groups in total. The Balaban J connectivity index is 1.90. The lowest BCUT2D eigenvalue weighted by molar-refractivity contribution is 0.0947. The van der Waals surface area contributed by atoms with Gasteiger partial charge in [-0.25, -0.2) is 0 Å². The minimum atomic E-state index is -0.503. The van der Waals surface area contributed by atoms with Gasteiger partial charge in [0.25, 0.3) is 5.91 Å². The van der Waals surface area contributed by atoms with E-state index < -0.39 is 5.91 Å². The van der Waals surface area contributed by atoms with Crippen LogP contribution in [0.1, 0.15) is 10.4 Å². The summed E-state index contributed by atoms with van der Waals surface area (Å²) in [6.45, 7) is 0. The van der Waals surface area contributed by atoms with Crippen molar-refractivity contribution in [2.45, 2.75) is 0 Å². The Morgan fingerprint density at radius 3 is 2.10 bits per heavy atom. The smallest absolute Gasteiger partial charge is 0.281 e. The van der Waals surface area contributed by atoms with E-state index in [1.54, 1.807) is 31.4 Å². The zero-order valence-electron chi connectivity index (χ0n) is 16.4. The van der Waals surface area contributed by atoms with E-state index in [2.05, 4.69) is 15.4 Å². The molecule has 152 valence electrons. The van der Waals surface area contributed by atoms with Crippen molar-refractivity contribution in [3.05, 3.63) is 42.0 Å². The molecule has 3 aromatic rings. The van der Waals surface area contributed by atoms with Crippen molar-refractivity contribution in [1.82, 2.24) is 14.8 Å². The van der Waals surface area contributed by atoms with Crippen LogP contribution in [0.15, 0.2) is 36.4 Å². The molecule has 0 unspecified atom stereocenters. The van der Waals surface area contributed by atoms with Crippen LogP contribution in [0.3, 0.4) is 0 Å². The Hall–Kier alpha value is -3.95. The number of ether oxygens (including phenoxy) is 4. The molecule has 0 saturated heterocycles. The average molecular weight is 399 g/mol. The molecule has 3 rings (SSSR count). The molecule has 0 fully saturated rings. The van der Waals surface area contributed by atoms with Gasteiger partial charge in [-0.1, -0.05) is 0 Å². The summed E-state index contributed by atoms with van der Waals surface area (Å²) in [5.74, 6) is 1.37. The predicted molar refractivity (Wildman–Crippen MR) is 107 cm³/mol. The fourth-order valence-corrected chi connectivity index (χ4v) is 2.66. The van der Waals surface area contributed by atoms with E-state index in [1.807, 2.05) is 0 Å². The normalized spacial score (nSPS) is 10.3. The zero-order valence-corrected chi connectivity index (χ0v) is 16.4. The van der Waals surface area contributed by atoms with Gasteiger partial charge in [0.2, 0.25) is 17.6 Å². The number of hydrogen-bond donors (Lipinski definition) is 2. The van der Waals surface area contributed by atoms with E-state index in [1.165, 1.54) is 33.5 Å². The summed E-state index contributed by atoms with van der Waals surface area (Å²) >= 11 is 0. The van der Waals surface area contributed by atoms with Crippen molar-refractivity contribution in [3.63, 3.8) is 0 Å². The quantitative estimate of drug-likeness (QED) is 0.616. The van der Waals surface area contributed by atoms with Crippen molar-refractivity contribution < 1.29 is 23.7 Å². The van der Waals surface area contributed by atoms with Crippen molar-refractivity contribution in [3.8, 4) is 23.0 Å². The Bertz CT molecular complexity index is 991. The third kappa shape index (κ3) is 4.00. The lowest BCUT2D eigenvalue weighted by Gasteiger charge is -2.13. The highest BCUT2D eigenvalue weighted by atomic mass is 16.5. The van der Waals surface area contributed by atoms with Crippen LogP contribution in [0.5, 0.6) is 23.0 Å². The molecule has 0 aliphatic rings. The number of benzene rings is 2. The molecular weight excluding hydrogens is 378 g/mol. The number of nitrogen functional groups attached to an aromatic ring is 1. The number of nitrogens with two attached hydrogens (primary N) is 1. The average Bonchev–Trinajstić information content (AvgIpc) is 3.12. The summed E-state index contributed by atoms with van der Waals surface area (Å²) in [4.78, 5) is 17.0. The van der Waals surface area contributed by atoms with Gasteiger partial charge in [0.15, 0.2) is 11.5 Å². The van der Waals surface area contributed by atoms with Crippen LogP contribution in [0.25, 0.3) is 0 Å². The molecule has 1 heterocycles. The first-order chi connectivity index (χ1) is 14.0. The number of aromatic nitrogens is 3. The summed E-state index contributed by atoms with van der Waals surface area (Å²) in [7, 11) is 5.99. The number of carbonyl (C=O) groups is 1. The Morgan fingerprint density at radius 1 is 0.966 bits per heavy atom. The number of methoxy groups -OCH3 is 4. The maximum Gasteiger partial charge on any atom is 0.281 e. The Kier molecular flexibility index (Phi) is 5.72. The van der Waals surface area contributed by atoms with Crippen LogP contribution in [-0.2, 0) is 0 Å². The van der Waals surface area contributed by atoms with Crippen molar-refractivity contribution in [2.75, 3.05) is 39.5 Å². The predicted octanol–water partition coefficient (Wildman–Crippen LogP) is 2.33. The van der Waals surface area contributed by atoms with Crippen LogP contribution in [-0.4, -0.2) is 49.1 Å². The molecule has 1 aromatic heterocycles. The van der Waals surface area contributed by atoms with Crippen molar-refractivity contribution >= 4 is 23.5 Å². The molecule has 10 nitrogen and oxygen atoms in total. The minimum absolute atomic E-state index is 0.0697. The Morgan fingerprint density at radius 2 is 1.59 bits per heavy atom. The standard InChI is InChI=1S/C19H21N5O5/c1-26-13-7-5-12(6-8-13)21-19-22-18(20)24(23-19)17(25)11-9-14(27-2)16(29-4)15(10-11)28-3/h5-10H,1-4H3,(H3,20,21,22,23). The molecular formula is C19H21N5O5. The van der Waals surface area contributed by atoms with Crippen LogP contribution in [0, 0.1) is 0 Å². The van der Waals surface area contributed by atoms with Crippen molar-refractivity contribution in [1.29, 1.82) is 0 Å². The fraction of sp³-hybridized carbons (Fsp3) is 0.211. The van der Waals surface area contributed by atoms with E-state index in [9.17, 15) is 4.79 Å². The third-order valence-electron chi connectivity index (χ3n) is 4.08. The minimum Gasteiger partial charge on any atom is -0.497 e. The van der Waals surface area contributed by atoms with Crippen LogP contribution < -0.4 is 30.0 Å². The van der Waals surface area contributed by atoms with E-state index in [-0.39, 0.29) is 17.5 Å². The fourth-order valence-electron chi connectivity index (χ4n) is 2.66. The highest BCUT2D eigenvalue weighted by Gasteiger charge is 2.21. The number of carbonyl (C=O) groups excluding carboxylic acids is 1. The maximum absolute atomic E-state index is 12.9. The molecule has 0 aliphatic heterocycles. The first-order valence-electron chi connectivity index (χ1n) is 8.49. The Labute approximate surface area is 167 Å². The summed E-state index contributed by atoms with van der Waals surface area (Å²) in [6.07, 6.45) is 0. The second-order valence-electron chi connectivity index (χ2n) is 5.78. The van der Waals surface area contributed by atoms with Crippen LogP contribution in [0.4, 0.5) is 17.6 Å². The van der Waals surface area contributed by atoms with Crippen LogP contribution in [0.2, 0.25) is 0 Å². The lowest BCUT2D eigenvalue weighted by Crippen LogP contribution is -2.17. The van der Waals surface area contributed by atoms with E-state index >= 15 is 0 Å². The summed E-state index contributed by atoms with van der Waals surface area (Å²) in [5, 5.41) is 7.14. The number of hydrogen-bond acceptors (Lipinski definition) is 9. The van der Waals surface area contributed by atoms with Gasteiger partial charge < -0.3 is 30.0 Å². The second kappa shape index (κ2) is 8.38. The van der Waals surface area contributed by atoms with Gasteiger partial charge in [-0.3, -0.25) is 4.79 Å². The van der Waals surface area contributed by atoms with Crippen LogP contribution >= 0.6 is 0 Å². The molecule has 0 aliphatic carbocycles. The molecule has 0 bridgehead atoms. The first kappa shape index (κ1) is 19.8. The molecule has 29 heavy (non-hydrogen) atoms. The maximum atomic E-state index is 12.9. The lowest BCUT2D eigenvalue weighted by atomic mass is 10.1. The largest absolute Gasteiger partial charge is 0.497 e. The van der Waals surface area contributed by atoms with Gasteiger partial charge >= 0.3 is 0 Å². The van der Waals surface area contributed by atoms with Gasteiger partial charge in [-0.2, -0.15) is 9.67 Å². The number of anilines is 3. The van der Waals surface area contributed by atoms with Gasteiger partial charge in [-0.05, 0) is 36.4 Å². The van der Waals surface area contributed by atoms with Gasteiger partial charge in [0.05, 0.1) is 28.4 Å². The monoisotopic (exact) mass is 399 g/mol. The summed E-state index contributed by atoms with van der Waals surface area (Å²) < 4.78 is 21.9. The molecule has 0 spiro atoms. The zero-order chi connectivity index (χ0) is 21.0. The molecule has 0 atom stereocenters. The SMILES string of the molecule is COc1ccc(Nc2nc(N)n(C(=O)c3cc(OC)c(OC)c(OC)c3)n2)cc1. The summed E-state index contributed by atoms with van der Waals surface area (Å²) in [6, 6.07) is 10.2. The first-order valence-corrected chi connectivity index (χ1v) is 8.49. The highest BCUT2D eigenvalue weighted by Crippen LogP contribution is 2.38. The molecule has 10 heteroatoms. The number of nitrogens with one attached hydrogen (secondary N) is 1. The van der Waals surface area contributed by atoms with Gasteiger partial charge in [0, 0.05) is 11.3 Å². The molecule has 0 saturated carbocycles. The van der Waals surface area contributed by atoms with E-state index in [4.69, 9.17) is 24.7 Å². The van der Waals surface area contributed by atoms with E-state index in [0.29, 0.717) is 28.7 Å². The third-order valence-corrected chi connectivity index (χ3v) is 4.08. The topological polar surface area (TPSA) is 123 Å². The number of nitrogens with zero attached hydrogens (tertiary/aromatic N) is 3. The second-order valence-corrected chi connectivity index (χ2v) is 5.78. The van der Waals surface area contributed by atoms with E-state index in [0.717, 1.165) is 4.68 Å². The molecule has 2 aromatic carbocycles. The molecule has 0 radical (unpaired) electrons. The van der Waals surface area contributed by atoms with Gasteiger partial charge in [-0.15, -0.1) is 5.10 Å². The number of rotatable bonds is 7. The molecule has 0 amide bonds.